The van der Waals surface area contributed by atoms with Crippen molar-refractivity contribution in [1.29, 1.82) is 5.26 Å². The highest BCUT2D eigenvalue weighted by molar-refractivity contribution is 5.25. The third-order valence-electron chi connectivity index (χ3n) is 1.48. The number of ether oxygens (including phenoxy) is 1. The number of benzene rings is 1. The van der Waals surface area contributed by atoms with Crippen LogP contribution < -0.4 is 4.74 Å². The molecule has 0 heterocycles. The van der Waals surface area contributed by atoms with Crippen LogP contribution in [0.4, 0.5) is 8.78 Å². The molecule has 0 atom stereocenters. The fourth-order valence-electron chi connectivity index (χ4n) is 0.905. The van der Waals surface area contributed by atoms with Gasteiger partial charge in [0, 0.05) is 18.2 Å². The highest BCUT2D eigenvalue weighted by Crippen LogP contribution is 2.20. The van der Waals surface area contributed by atoms with Gasteiger partial charge in [-0.1, -0.05) is 0 Å². The van der Waals surface area contributed by atoms with E-state index in [-0.39, 0.29) is 5.75 Å². The Morgan fingerprint density at radius 1 is 1.21 bits per heavy atom. The zero-order chi connectivity index (χ0) is 10.8. The van der Waals surface area contributed by atoms with Crippen molar-refractivity contribution in [2.45, 2.75) is 19.4 Å². The van der Waals surface area contributed by atoms with E-state index in [1.165, 1.54) is 13.8 Å². The number of hydrogen-bond acceptors (Lipinski definition) is 2. The lowest BCUT2D eigenvalue weighted by Crippen LogP contribution is -2.25. The number of rotatable bonds is 2. The fraction of sp³-hybridized carbons (Fsp3) is 0.300. The van der Waals surface area contributed by atoms with E-state index >= 15 is 0 Å². The molecule has 0 aliphatic rings. The van der Waals surface area contributed by atoms with Gasteiger partial charge in [0.25, 0.3) is 0 Å². The summed E-state index contributed by atoms with van der Waals surface area (Å²) >= 11 is 0. The van der Waals surface area contributed by atoms with Crippen molar-refractivity contribution >= 4 is 0 Å². The zero-order valence-electron chi connectivity index (χ0n) is 7.84. The summed E-state index contributed by atoms with van der Waals surface area (Å²) in [5.74, 6) is -1.45. The summed E-state index contributed by atoms with van der Waals surface area (Å²) in [5, 5.41) is 8.63. The molecule has 0 saturated carbocycles. The van der Waals surface area contributed by atoms with Gasteiger partial charge < -0.3 is 4.74 Å². The molecule has 0 spiro atoms. The van der Waals surface area contributed by atoms with Gasteiger partial charge in [0.15, 0.2) is 5.60 Å². The second-order valence-electron chi connectivity index (χ2n) is 3.33. The fourth-order valence-corrected chi connectivity index (χ4v) is 0.905. The maximum atomic E-state index is 12.7. The van der Waals surface area contributed by atoms with Gasteiger partial charge in [-0.05, 0) is 13.8 Å². The van der Waals surface area contributed by atoms with Crippen LogP contribution in [0.2, 0.25) is 0 Å². The second-order valence-corrected chi connectivity index (χ2v) is 3.33. The van der Waals surface area contributed by atoms with E-state index in [1.54, 1.807) is 0 Å². The van der Waals surface area contributed by atoms with Gasteiger partial charge in [-0.2, -0.15) is 5.26 Å². The Hall–Kier alpha value is -1.63. The summed E-state index contributed by atoms with van der Waals surface area (Å²) in [5.41, 5.74) is -1.10. The molecule has 1 rings (SSSR count). The summed E-state index contributed by atoms with van der Waals surface area (Å²) < 4.78 is 30.5. The first kappa shape index (κ1) is 10.5. The second kappa shape index (κ2) is 3.62. The van der Waals surface area contributed by atoms with Crippen LogP contribution in [0.1, 0.15) is 13.8 Å². The Morgan fingerprint density at radius 2 is 1.71 bits per heavy atom. The van der Waals surface area contributed by atoms with E-state index in [9.17, 15) is 8.78 Å². The third-order valence-corrected chi connectivity index (χ3v) is 1.48. The molecule has 1 aromatic carbocycles. The molecule has 0 bridgehead atoms. The summed E-state index contributed by atoms with van der Waals surface area (Å²) in [7, 11) is 0. The predicted molar refractivity (Wildman–Crippen MR) is 46.7 cm³/mol. The Balaban J connectivity index is 2.94. The first-order chi connectivity index (χ1) is 6.43. The summed E-state index contributed by atoms with van der Waals surface area (Å²) in [6.07, 6.45) is 0. The van der Waals surface area contributed by atoms with Gasteiger partial charge in [0.2, 0.25) is 0 Å². The molecule has 0 aromatic heterocycles. The Labute approximate surface area is 80.7 Å². The van der Waals surface area contributed by atoms with Crippen LogP contribution in [0.15, 0.2) is 18.2 Å². The van der Waals surface area contributed by atoms with Gasteiger partial charge in [-0.25, -0.2) is 8.78 Å². The molecule has 0 aliphatic heterocycles. The van der Waals surface area contributed by atoms with Crippen LogP contribution >= 0.6 is 0 Å². The number of nitrogens with zero attached hydrogens (tertiary/aromatic N) is 1. The quantitative estimate of drug-likeness (QED) is 0.730. The molecule has 74 valence electrons. The van der Waals surface area contributed by atoms with Crippen molar-refractivity contribution in [2.75, 3.05) is 0 Å². The van der Waals surface area contributed by atoms with E-state index in [1.807, 2.05) is 6.07 Å². The topological polar surface area (TPSA) is 33.0 Å². The Kier molecular flexibility index (Phi) is 2.70. The lowest BCUT2D eigenvalue weighted by atomic mass is 10.2. The van der Waals surface area contributed by atoms with Crippen molar-refractivity contribution in [1.82, 2.24) is 0 Å². The largest absolute Gasteiger partial charge is 0.473 e. The van der Waals surface area contributed by atoms with Crippen molar-refractivity contribution < 1.29 is 13.5 Å². The molecule has 0 aliphatic carbocycles. The lowest BCUT2D eigenvalue weighted by Gasteiger charge is -2.18. The standard InChI is InChI=1S/C10H9F2NO/c1-10(2,6-13)14-9-4-7(11)3-8(12)5-9/h3-5H,1-2H3. The lowest BCUT2D eigenvalue weighted by molar-refractivity contribution is 0.168. The van der Waals surface area contributed by atoms with Crippen molar-refractivity contribution in [3.05, 3.63) is 29.8 Å². The Morgan fingerprint density at radius 3 is 2.14 bits per heavy atom. The monoisotopic (exact) mass is 197 g/mol. The zero-order valence-corrected chi connectivity index (χ0v) is 7.84. The minimum Gasteiger partial charge on any atom is -0.473 e. The van der Waals surface area contributed by atoms with Gasteiger partial charge in [-0.3, -0.25) is 0 Å². The molecular weight excluding hydrogens is 188 g/mol. The SMILES string of the molecule is CC(C)(C#N)Oc1cc(F)cc(F)c1. The number of nitriles is 1. The minimum atomic E-state index is -1.10. The van der Waals surface area contributed by atoms with Gasteiger partial charge >= 0.3 is 0 Å². The van der Waals surface area contributed by atoms with E-state index < -0.39 is 17.2 Å². The highest BCUT2D eigenvalue weighted by atomic mass is 19.1. The summed E-state index contributed by atoms with van der Waals surface area (Å²) in [4.78, 5) is 0. The Bertz CT molecular complexity index is 362. The van der Waals surface area contributed by atoms with Crippen LogP contribution in [0.3, 0.4) is 0 Å². The molecule has 1 aromatic rings. The predicted octanol–water partition coefficient (Wildman–Crippen LogP) is 2.65. The van der Waals surface area contributed by atoms with Crippen LogP contribution in [0, 0.1) is 23.0 Å². The summed E-state index contributed by atoms with van der Waals surface area (Å²) in [6.45, 7) is 3.02. The van der Waals surface area contributed by atoms with Gasteiger partial charge in [0.05, 0.1) is 0 Å². The van der Waals surface area contributed by atoms with E-state index in [4.69, 9.17) is 10.00 Å². The van der Waals surface area contributed by atoms with Crippen molar-refractivity contribution in [3.8, 4) is 11.8 Å². The van der Waals surface area contributed by atoms with Crippen molar-refractivity contribution in [3.63, 3.8) is 0 Å². The molecule has 0 saturated heterocycles. The molecule has 0 fully saturated rings. The van der Waals surface area contributed by atoms with Crippen LogP contribution in [-0.2, 0) is 0 Å². The van der Waals surface area contributed by atoms with Crippen LogP contribution in [0.5, 0.6) is 5.75 Å². The van der Waals surface area contributed by atoms with Crippen LogP contribution in [0.25, 0.3) is 0 Å². The molecule has 0 radical (unpaired) electrons. The number of halogens is 2. The van der Waals surface area contributed by atoms with E-state index in [2.05, 4.69) is 0 Å². The smallest absolute Gasteiger partial charge is 0.188 e. The van der Waals surface area contributed by atoms with Crippen LogP contribution in [-0.4, -0.2) is 5.60 Å². The first-order valence-corrected chi connectivity index (χ1v) is 3.99. The molecular formula is C10H9F2NO. The average Bonchev–Trinajstić information content (AvgIpc) is 2.01. The molecule has 0 unspecified atom stereocenters. The first-order valence-electron chi connectivity index (χ1n) is 3.99. The summed E-state index contributed by atoms with van der Waals surface area (Å²) in [6, 6.07) is 4.66. The van der Waals surface area contributed by atoms with E-state index in [0.29, 0.717) is 0 Å². The maximum Gasteiger partial charge on any atom is 0.188 e. The third kappa shape index (κ3) is 2.70. The van der Waals surface area contributed by atoms with E-state index in [0.717, 1.165) is 18.2 Å². The molecule has 0 amide bonds. The molecule has 4 heteroatoms. The maximum absolute atomic E-state index is 12.7. The number of hydrogen-bond donors (Lipinski definition) is 0. The highest BCUT2D eigenvalue weighted by Gasteiger charge is 2.18. The molecule has 14 heavy (non-hydrogen) atoms. The average molecular weight is 197 g/mol. The minimum absolute atomic E-state index is 0.00838. The van der Waals surface area contributed by atoms with Gasteiger partial charge in [-0.15, -0.1) is 0 Å². The molecule has 0 N–H and O–H groups in total. The molecule has 2 nitrogen and oxygen atoms in total. The normalized spacial score (nSPS) is 10.8. The van der Waals surface area contributed by atoms with Crippen molar-refractivity contribution in [2.24, 2.45) is 0 Å². The van der Waals surface area contributed by atoms with Gasteiger partial charge in [0.1, 0.15) is 23.5 Å².